The lowest BCUT2D eigenvalue weighted by Gasteiger charge is -2.13. The molecule has 1 N–H and O–H groups in total. The van der Waals surface area contributed by atoms with Gasteiger partial charge in [-0.3, -0.25) is 10.1 Å². The number of aromatic nitrogens is 2. The van der Waals surface area contributed by atoms with E-state index in [-0.39, 0.29) is 17.1 Å². The van der Waals surface area contributed by atoms with Crippen LogP contribution in [0.5, 0.6) is 0 Å². The third-order valence-corrected chi connectivity index (χ3v) is 4.16. The first kappa shape index (κ1) is 20.9. The van der Waals surface area contributed by atoms with Crippen molar-refractivity contribution in [3.8, 4) is 11.4 Å². The standard InChI is InChI=1S/C20H20N4O6/c1-13(19-22-18(23-30-19)14-6-4-3-5-7-14)29-20(25)16-12-15(24(26)27)8-9-17(16)21-10-11-28-2/h3-9,12-13,21H,10-11H2,1-2H3/t13-/m1/s1. The number of carbonyl (C=O) groups excluding carboxylic acids is 1. The second kappa shape index (κ2) is 9.61. The van der Waals surface area contributed by atoms with Crippen LogP contribution in [-0.2, 0) is 9.47 Å². The molecular formula is C20H20N4O6. The summed E-state index contributed by atoms with van der Waals surface area (Å²) >= 11 is 0. The van der Waals surface area contributed by atoms with Gasteiger partial charge in [-0.05, 0) is 13.0 Å². The van der Waals surface area contributed by atoms with Crippen molar-refractivity contribution < 1.29 is 23.7 Å². The number of non-ortho nitro benzene ring substituents is 1. The minimum Gasteiger partial charge on any atom is -0.449 e. The Morgan fingerprint density at radius 3 is 2.73 bits per heavy atom. The predicted molar refractivity (Wildman–Crippen MR) is 107 cm³/mol. The van der Waals surface area contributed by atoms with Gasteiger partial charge in [0.2, 0.25) is 5.82 Å². The number of carbonyl (C=O) groups is 1. The molecule has 1 heterocycles. The largest absolute Gasteiger partial charge is 0.449 e. The molecule has 0 fully saturated rings. The van der Waals surface area contributed by atoms with Gasteiger partial charge in [0.1, 0.15) is 0 Å². The van der Waals surface area contributed by atoms with Crippen LogP contribution in [0, 0.1) is 10.1 Å². The number of anilines is 1. The molecule has 2 aromatic carbocycles. The van der Waals surface area contributed by atoms with Gasteiger partial charge in [-0.2, -0.15) is 4.98 Å². The molecule has 0 aliphatic rings. The average molecular weight is 412 g/mol. The molecule has 0 aliphatic heterocycles. The van der Waals surface area contributed by atoms with E-state index in [4.69, 9.17) is 14.0 Å². The second-order valence-electron chi connectivity index (χ2n) is 6.28. The number of nitro groups is 1. The van der Waals surface area contributed by atoms with Crippen molar-refractivity contribution in [3.05, 3.63) is 70.1 Å². The third kappa shape index (κ3) is 4.97. The third-order valence-electron chi connectivity index (χ3n) is 4.16. The van der Waals surface area contributed by atoms with E-state index in [1.54, 1.807) is 14.0 Å². The number of nitro benzene ring substituents is 1. The first-order chi connectivity index (χ1) is 14.5. The van der Waals surface area contributed by atoms with Crippen LogP contribution in [0.4, 0.5) is 11.4 Å². The Bertz CT molecular complexity index is 1020. The van der Waals surface area contributed by atoms with Crippen LogP contribution >= 0.6 is 0 Å². The normalized spacial score (nSPS) is 11.7. The monoisotopic (exact) mass is 412 g/mol. The molecule has 0 bridgehead atoms. The summed E-state index contributed by atoms with van der Waals surface area (Å²) in [6.45, 7) is 2.38. The summed E-state index contributed by atoms with van der Waals surface area (Å²) in [7, 11) is 1.54. The summed E-state index contributed by atoms with van der Waals surface area (Å²) < 4.78 is 15.6. The molecule has 3 rings (SSSR count). The molecule has 30 heavy (non-hydrogen) atoms. The molecule has 1 atom stereocenters. The molecule has 0 aliphatic carbocycles. The van der Waals surface area contributed by atoms with Gasteiger partial charge in [0.05, 0.1) is 17.1 Å². The molecule has 0 radical (unpaired) electrons. The Kier molecular flexibility index (Phi) is 6.71. The fourth-order valence-corrected chi connectivity index (χ4v) is 2.64. The molecule has 0 amide bonds. The first-order valence-electron chi connectivity index (χ1n) is 9.11. The van der Waals surface area contributed by atoms with Gasteiger partial charge in [-0.15, -0.1) is 0 Å². The maximum atomic E-state index is 12.7. The summed E-state index contributed by atoms with van der Waals surface area (Å²) in [5, 5.41) is 18.0. The van der Waals surface area contributed by atoms with Gasteiger partial charge in [0.25, 0.3) is 11.6 Å². The van der Waals surface area contributed by atoms with Crippen molar-refractivity contribution in [2.45, 2.75) is 13.0 Å². The Balaban J connectivity index is 1.78. The van der Waals surface area contributed by atoms with Gasteiger partial charge in [0.15, 0.2) is 6.10 Å². The summed E-state index contributed by atoms with van der Waals surface area (Å²) in [5.41, 5.74) is 0.950. The molecule has 0 unspecified atom stereocenters. The summed E-state index contributed by atoms with van der Waals surface area (Å²) in [6, 6.07) is 13.1. The van der Waals surface area contributed by atoms with Crippen molar-refractivity contribution in [2.75, 3.05) is 25.6 Å². The number of ether oxygens (including phenoxy) is 2. The maximum Gasteiger partial charge on any atom is 0.341 e. The van der Waals surface area contributed by atoms with E-state index < -0.39 is 17.0 Å². The fourth-order valence-electron chi connectivity index (χ4n) is 2.64. The summed E-state index contributed by atoms with van der Waals surface area (Å²) in [5.74, 6) is -0.280. The molecule has 10 heteroatoms. The Hall–Kier alpha value is -3.79. The zero-order valence-corrected chi connectivity index (χ0v) is 16.4. The van der Waals surface area contributed by atoms with Gasteiger partial charge in [-0.25, -0.2) is 4.79 Å². The zero-order valence-electron chi connectivity index (χ0n) is 16.4. The highest BCUT2D eigenvalue weighted by Gasteiger charge is 2.23. The predicted octanol–water partition coefficient (Wildman–Crippen LogP) is 3.62. The number of nitrogens with zero attached hydrogens (tertiary/aromatic N) is 3. The van der Waals surface area contributed by atoms with E-state index in [1.807, 2.05) is 30.3 Å². The molecule has 1 aromatic heterocycles. The lowest BCUT2D eigenvalue weighted by Crippen LogP contribution is -2.15. The van der Waals surface area contributed by atoms with Crippen LogP contribution in [0.1, 0.15) is 29.3 Å². The van der Waals surface area contributed by atoms with E-state index in [9.17, 15) is 14.9 Å². The highest BCUT2D eigenvalue weighted by Crippen LogP contribution is 2.26. The zero-order chi connectivity index (χ0) is 21.5. The Morgan fingerprint density at radius 2 is 2.03 bits per heavy atom. The quantitative estimate of drug-likeness (QED) is 0.242. The smallest absolute Gasteiger partial charge is 0.341 e. The van der Waals surface area contributed by atoms with Gasteiger partial charge in [0, 0.05) is 37.0 Å². The SMILES string of the molecule is COCCNc1ccc([N+](=O)[O-])cc1C(=O)O[C@H](C)c1nc(-c2ccccc2)no1. The number of rotatable bonds is 9. The summed E-state index contributed by atoms with van der Waals surface area (Å²) in [6.07, 6.45) is -0.853. The van der Waals surface area contributed by atoms with Crippen molar-refractivity contribution in [2.24, 2.45) is 0 Å². The maximum absolute atomic E-state index is 12.7. The number of methoxy groups -OCH3 is 1. The lowest BCUT2D eigenvalue weighted by atomic mass is 10.1. The van der Waals surface area contributed by atoms with Crippen LogP contribution in [-0.4, -0.2) is 41.3 Å². The highest BCUT2D eigenvalue weighted by molar-refractivity contribution is 5.96. The van der Waals surface area contributed by atoms with Crippen LogP contribution in [0.3, 0.4) is 0 Å². The van der Waals surface area contributed by atoms with E-state index in [0.29, 0.717) is 24.7 Å². The van der Waals surface area contributed by atoms with E-state index in [2.05, 4.69) is 15.5 Å². The molecule has 10 nitrogen and oxygen atoms in total. The number of hydrogen-bond acceptors (Lipinski definition) is 9. The van der Waals surface area contributed by atoms with Crippen molar-refractivity contribution in [1.29, 1.82) is 0 Å². The van der Waals surface area contributed by atoms with Crippen molar-refractivity contribution in [3.63, 3.8) is 0 Å². The molecule has 0 saturated heterocycles. The second-order valence-corrected chi connectivity index (χ2v) is 6.28. The van der Waals surface area contributed by atoms with Gasteiger partial charge >= 0.3 is 5.97 Å². The van der Waals surface area contributed by atoms with Crippen LogP contribution < -0.4 is 5.32 Å². The van der Waals surface area contributed by atoms with Crippen molar-refractivity contribution in [1.82, 2.24) is 10.1 Å². The number of benzene rings is 2. The number of nitrogens with one attached hydrogen (secondary N) is 1. The molecule has 3 aromatic rings. The average Bonchev–Trinajstić information content (AvgIpc) is 3.25. The number of esters is 1. The van der Waals surface area contributed by atoms with Crippen LogP contribution in [0.2, 0.25) is 0 Å². The van der Waals surface area contributed by atoms with E-state index in [0.717, 1.165) is 11.6 Å². The highest BCUT2D eigenvalue weighted by atomic mass is 16.6. The lowest BCUT2D eigenvalue weighted by molar-refractivity contribution is -0.384. The topological polar surface area (TPSA) is 130 Å². The molecule has 0 spiro atoms. The minimum absolute atomic E-state index is 0.0231. The molecular weight excluding hydrogens is 392 g/mol. The van der Waals surface area contributed by atoms with Crippen LogP contribution in [0.25, 0.3) is 11.4 Å². The van der Waals surface area contributed by atoms with Crippen molar-refractivity contribution >= 4 is 17.3 Å². The van der Waals surface area contributed by atoms with E-state index >= 15 is 0 Å². The number of hydrogen-bond donors (Lipinski definition) is 1. The Morgan fingerprint density at radius 1 is 1.27 bits per heavy atom. The molecule has 156 valence electrons. The van der Waals surface area contributed by atoms with E-state index in [1.165, 1.54) is 12.1 Å². The Labute approximate surface area is 172 Å². The van der Waals surface area contributed by atoms with Gasteiger partial charge < -0.3 is 19.3 Å². The minimum atomic E-state index is -0.853. The molecule has 0 saturated carbocycles. The van der Waals surface area contributed by atoms with Gasteiger partial charge in [-0.1, -0.05) is 35.5 Å². The first-order valence-corrected chi connectivity index (χ1v) is 9.11. The fraction of sp³-hybridized carbons (Fsp3) is 0.250. The van der Waals surface area contributed by atoms with Crippen LogP contribution in [0.15, 0.2) is 53.1 Å². The summed E-state index contributed by atoms with van der Waals surface area (Å²) in [4.78, 5) is 27.5.